The molecule has 2 aliphatic heterocycles. The predicted octanol–water partition coefficient (Wildman–Crippen LogP) is 3.01. The Kier molecular flexibility index (Phi) is 6.48. The van der Waals surface area contributed by atoms with Gasteiger partial charge in [-0.15, -0.1) is 0 Å². The number of sulfonamides is 1. The van der Waals surface area contributed by atoms with Crippen LogP contribution < -0.4 is 15.1 Å². The number of nitrogens with one attached hydrogen (secondary N) is 1. The number of carbonyl (C=O) groups is 1. The van der Waals surface area contributed by atoms with E-state index in [1.807, 2.05) is 0 Å². The van der Waals surface area contributed by atoms with Crippen molar-refractivity contribution in [3.05, 3.63) is 36.4 Å². The lowest BCUT2D eigenvalue weighted by Crippen LogP contribution is -2.47. The minimum atomic E-state index is -3.93. The van der Waals surface area contributed by atoms with Crippen LogP contribution in [0.5, 0.6) is 0 Å². The fourth-order valence-corrected chi connectivity index (χ4v) is 5.70. The van der Waals surface area contributed by atoms with Gasteiger partial charge in [-0.2, -0.15) is 4.31 Å². The first-order valence-electron chi connectivity index (χ1n) is 10.8. The van der Waals surface area contributed by atoms with E-state index in [1.165, 1.54) is 21.5 Å². The summed E-state index contributed by atoms with van der Waals surface area (Å²) >= 11 is 0. The first-order chi connectivity index (χ1) is 15.7. The number of urea groups is 1. The minimum Gasteiger partial charge on any atom is -0.354 e. The van der Waals surface area contributed by atoms with Gasteiger partial charge in [0.2, 0.25) is 10.0 Å². The Morgan fingerprint density at radius 3 is 2.70 bits per heavy atom. The molecule has 0 aromatic carbocycles. The van der Waals surface area contributed by atoms with E-state index in [0.717, 1.165) is 12.3 Å². The summed E-state index contributed by atoms with van der Waals surface area (Å²) < 4.78 is 55.5. The van der Waals surface area contributed by atoms with Crippen LogP contribution in [0.2, 0.25) is 0 Å². The predicted molar refractivity (Wildman–Crippen MR) is 120 cm³/mol. The summed E-state index contributed by atoms with van der Waals surface area (Å²) in [5.41, 5.74) is 0.129. The van der Waals surface area contributed by atoms with Gasteiger partial charge in [-0.1, -0.05) is 6.92 Å². The standard InChI is InChI=1S/C21H26F2N6O3S/c1-3-28-9-6-14(2)29(21(30)25-17-10-16(23)11-24-12-17)20-18(33(28,31)32)4-5-19(26-20)27-8-7-15(22)13-27/h4-5,10-12,14-15H,3,6-9,13H2,1-2H3,(H,25,30)/t14-,15+/m1/s1. The third kappa shape index (κ3) is 4.62. The molecule has 0 aliphatic carbocycles. The van der Waals surface area contributed by atoms with Crippen LogP contribution >= 0.6 is 0 Å². The highest BCUT2D eigenvalue weighted by Crippen LogP contribution is 2.34. The molecule has 178 valence electrons. The number of nitrogens with zero attached hydrogens (tertiary/aromatic N) is 5. The molecule has 2 aromatic rings. The first-order valence-corrected chi connectivity index (χ1v) is 12.3. The van der Waals surface area contributed by atoms with Crippen molar-refractivity contribution in [3.63, 3.8) is 0 Å². The van der Waals surface area contributed by atoms with Crippen LogP contribution in [-0.2, 0) is 10.0 Å². The van der Waals surface area contributed by atoms with Gasteiger partial charge in [0.05, 0.1) is 24.6 Å². The molecule has 4 rings (SSSR count). The van der Waals surface area contributed by atoms with Crippen molar-refractivity contribution in [2.75, 3.05) is 41.3 Å². The molecule has 9 nitrogen and oxygen atoms in total. The maximum Gasteiger partial charge on any atom is 0.327 e. The molecule has 2 amide bonds. The second kappa shape index (κ2) is 9.18. The third-order valence-electron chi connectivity index (χ3n) is 5.89. The van der Waals surface area contributed by atoms with Crippen molar-refractivity contribution in [2.45, 2.75) is 43.8 Å². The number of carbonyl (C=O) groups excluding carboxylic acids is 1. The second-order valence-electron chi connectivity index (χ2n) is 8.15. The lowest BCUT2D eigenvalue weighted by Gasteiger charge is -2.35. The number of alkyl halides is 1. The Hall–Kier alpha value is -2.86. The fourth-order valence-electron chi connectivity index (χ4n) is 4.12. The van der Waals surface area contributed by atoms with Crippen LogP contribution in [0.1, 0.15) is 26.7 Å². The van der Waals surface area contributed by atoms with Crippen molar-refractivity contribution in [2.24, 2.45) is 0 Å². The summed E-state index contributed by atoms with van der Waals surface area (Å²) in [4.78, 5) is 24.5. The normalized spacial score (nSPS) is 23.0. The Morgan fingerprint density at radius 1 is 1.24 bits per heavy atom. The Balaban J connectivity index is 1.80. The zero-order valence-corrected chi connectivity index (χ0v) is 19.2. The van der Waals surface area contributed by atoms with Crippen LogP contribution in [-0.4, -0.2) is 67.1 Å². The molecule has 0 radical (unpaired) electrons. The molecule has 2 aromatic heterocycles. The maximum atomic E-state index is 13.8. The van der Waals surface area contributed by atoms with E-state index in [1.54, 1.807) is 24.8 Å². The molecule has 0 bridgehead atoms. The van der Waals surface area contributed by atoms with Crippen LogP contribution in [0, 0.1) is 5.82 Å². The number of hydrogen-bond acceptors (Lipinski definition) is 6. The average Bonchev–Trinajstić information content (AvgIpc) is 3.19. The van der Waals surface area contributed by atoms with Crippen LogP contribution in [0.3, 0.4) is 0 Å². The topological polar surface area (TPSA) is 98.7 Å². The Morgan fingerprint density at radius 2 is 2.03 bits per heavy atom. The molecule has 2 aliphatic rings. The van der Waals surface area contributed by atoms with Gasteiger partial charge in [0, 0.05) is 31.7 Å². The van der Waals surface area contributed by atoms with E-state index in [9.17, 15) is 22.0 Å². The van der Waals surface area contributed by atoms with Crippen molar-refractivity contribution in [1.29, 1.82) is 0 Å². The van der Waals surface area contributed by atoms with E-state index in [2.05, 4.69) is 15.3 Å². The van der Waals surface area contributed by atoms with Crippen molar-refractivity contribution < 1.29 is 22.0 Å². The lowest BCUT2D eigenvalue weighted by molar-refractivity contribution is 0.253. The molecule has 0 saturated carbocycles. The highest BCUT2D eigenvalue weighted by molar-refractivity contribution is 7.89. The molecule has 33 heavy (non-hydrogen) atoms. The van der Waals surface area contributed by atoms with E-state index in [4.69, 9.17) is 0 Å². The number of halogens is 2. The monoisotopic (exact) mass is 480 g/mol. The van der Waals surface area contributed by atoms with Crippen LogP contribution in [0.25, 0.3) is 0 Å². The van der Waals surface area contributed by atoms with Gasteiger partial charge in [0.15, 0.2) is 5.82 Å². The number of amides is 2. The summed E-state index contributed by atoms with van der Waals surface area (Å²) in [7, 11) is -3.93. The molecule has 1 fully saturated rings. The van der Waals surface area contributed by atoms with Gasteiger partial charge >= 0.3 is 6.03 Å². The third-order valence-corrected chi connectivity index (χ3v) is 7.89. The number of pyridine rings is 2. The molecule has 2 atom stereocenters. The van der Waals surface area contributed by atoms with Gasteiger partial charge in [-0.05, 0) is 31.9 Å². The Labute approximate surface area is 191 Å². The highest BCUT2D eigenvalue weighted by Gasteiger charge is 2.37. The quantitative estimate of drug-likeness (QED) is 0.725. The minimum absolute atomic E-state index is 0.0395. The average molecular weight is 481 g/mol. The summed E-state index contributed by atoms with van der Waals surface area (Å²) in [6, 6.07) is 2.99. The lowest BCUT2D eigenvalue weighted by atomic mass is 10.2. The Bertz CT molecular complexity index is 1150. The van der Waals surface area contributed by atoms with E-state index < -0.39 is 34.1 Å². The van der Waals surface area contributed by atoms with Crippen molar-refractivity contribution >= 4 is 33.4 Å². The van der Waals surface area contributed by atoms with E-state index >= 15 is 0 Å². The summed E-state index contributed by atoms with van der Waals surface area (Å²) in [6.45, 7) is 4.63. The first kappa shape index (κ1) is 23.3. The molecular formula is C21H26F2N6O3S. The summed E-state index contributed by atoms with van der Waals surface area (Å²) in [6.07, 6.45) is 2.03. The maximum absolute atomic E-state index is 13.8. The van der Waals surface area contributed by atoms with Gasteiger partial charge < -0.3 is 10.2 Å². The SMILES string of the molecule is CCN1CC[C@@H](C)N(C(=O)Nc2cncc(F)c2)c2nc(N3CC[C@H](F)C3)ccc2S1(=O)=O. The van der Waals surface area contributed by atoms with Crippen molar-refractivity contribution in [1.82, 2.24) is 14.3 Å². The van der Waals surface area contributed by atoms with Gasteiger partial charge in [0.1, 0.15) is 22.7 Å². The van der Waals surface area contributed by atoms with E-state index in [-0.39, 0.29) is 36.0 Å². The zero-order valence-electron chi connectivity index (χ0n) is 18.4. The molecule has 0 unspecified atom stereocenters. The largest absolute Gasteiger partial charge is 0.354 e. The molecular weight excluding hydrogens is 454 g/mol. The molecule has 4 heterocycles. The highest BCUT2D eigenvalue weighted by atomic mass is 32.2. The molecule has 1 saturated heterocycles. The van der Waals surface area contributed by atoms with Crippen molar-refractivity contribution in [3.8, 4) is 0 Å². The van der Waals surface area contributed by atoms with Gasteiger partial charge in [0.25, 0.3) is 0 Å². The number of rotatable bonds is 3. The zero-order chi connectivity index (χ0) is 23.8. The number of hydrogen-bond donors (Lipinski definition) is 1. The van der Waals surface area contributed by atoms with E-state index in [0.29, 0.717) is 25.2 Å². The molecule has 0 spiro atoms. The van der Waals surface area contributed by atoms with Gasteiger partial charge in [-0.25, -0.2) is 27.0 Å². The molecule has 12 heteroatoms. The van der Waals surface area contributed by atoms with Crippen LogP contribution in [0.15, 0.2) is 35.5 Å². The fraction of sp³-hybridized carbons (Fsp3) is 0.476. The number of aromatic nitrogens is 2. The smallest absolute Gasteiger partial charge is 0.327 e. The second-order valence-corrected chi connectivity index (χ2v) is 10.1. The van der Waals surface area contributed by atoms with Gasteiger partial charge in [-0.3, -0.25) is 9.88 Å². The summed E-state index contributed by atoms with van der Waals surface area (Å²) in [5, 5.41) is 2.58. The summed E-state index contributed by atoms with van der Waals surface area (Å²) in [5.74, 6) is -0.266. The number of anilines is 3. The number of fused-ring (bicyclic) bond motifs is 1. The molecule has 1 N–H and O–H groups in total. The van der Waals surface area contributed by atoms with Crippen LogP contribution in [0.4, 0.5) is 30.9 Å².